The lowest BCUT2D eigenvalue weighted by molar-refractivity contribution is 0.631. The maximum atomic E-state index is 13.7. The molecule has 0 fully saturated rings. The van der Waals surface area contributed by atoms with Gasteiger partial charge in [-0.25, -0.2) is 4.39 Å². The Morgan fingerprint density at radius 1 is 1.10 bits per heavy atom. The molecule has 2 nitrogen and oxygen atoms in total. The van der Waals surface area contributed by atoms with Gasteiger partial charge in [0.1, 0.15) is 5.82 Å². The van der Waals surface area contributed by atoms with Crippen molar-refractivity contribution in [1.82, 2.24) is 9.78 Å². The molecule has 1 aromatic heterocycles. The topological polar surface area (TPSA) is 17.8 Å². The van der Waals surface area contributed by atoms with Crippen molar-refractivity contribution in [2.24, 2.45) is 0 Å². The van der Waals surface area contributed by atoms with Gasteiger partial charge in [-0.15, -0.1) is 0 Å². The van der Waals surface area contributed by atoms with Crippen molar-refractivity contribution in [2.45, 2.75) is 6.54 Å². The van der Waals surface area contributed by atoms with Crippen LogP contribution >= 0.6 is 15.9 Å². The van der Waals surface area contributed by atoms with E-state index in [4.69, 9.17) is 0 Å². The van der Waals surface area contributed by atoms with Gasteiger partial charge >= 0.3 is 0 Å². The van der Waals surface area contributed by atoms with Crippen LogP contribution in [0.25, 0.3) is 11.1 Å². The largest absolute Gasteiger partial charge is 0.268 e. The number of halogens is 2. The van der Waals surface area contributed by atoms with Crippen LogP contribution < -0.4 is 0 Å². The highest BCUT2D eigenvalue weighted by Crippen LogP contribution is 2.22. The first-order valence-electron chi connectivity index (χ1n) is 6.24. The van der Waals surface area contributed by atoms with Gasteiger partial charge in [-0.1, -0.05) is 46.3 Å². The van der Waals surface area contributed by atoms with Gasteiger partial charge in [0.2, 0.25) is 0 Å². The molecule has 100 valence electrons. The summed E-state index contributed by atoms with van der Waals surface area (Å²) in [5, 5.41) is 4.29. The Morgan fingerprint density at radius 3 is 2.75 bits per heavy atom. The van der Waals surface area contributed by atoms with E-state index < -0.39 is 0 Å². The van der Waals surface area contributed by atoms with Crippen LogP contribution in [0.4, 0.5) is 4.39 Å². The zero-order valence-corrected chi connectivity index (χ0v) is 12.2. The van der Waals surface area contributed by atoms with Crippen LogP contribution in [-0.2, 0) is 6.54 Å². The van der Waals surface area contributed by atoms with E-state index >= 15 is 0 Å². The number of benzene rings is 2. The van der Waals surface area contributed by atoms with Gasteiger partial charge in [-0.3, -0.25) is 4.68 Å². The third-order valence-electron chi connectivity index (χ3n) is 3.05. The molecule has 0 radical (unpaired) electrons. The summed E-state index contributed by atoms with van der Waals surface area (Å²) in [5.74, 6) is -0.227. The number of rotatable bonds is 3. The molecule has 3 aromatic rings. The van der Waals surface area contributed by atoms with E-state index in [0.29, 0.717) is 12.1 Å². The smallest absolute Gasteiger partial charge is 0.131 e. The van der Waals surface area contributed by atoms with Gasteiger partial charge < -0.3 is 0 Å². The molecule has 0 saturated heterocycles. The normalized spacial score (nSPS) is 10.7. The Hall–Kier alpha value is -1.94. The van der Waals surface area contributed by atoms with Crippen molar-refractivity contribution in [3.05, 3.63) is 76.8 Å². The van der Waals surface area contributed by atoms with Gasteiger partial charge in [0.15, 0.2) is 0 Å². The van der Waals surface area contributed by atoms with Gasteiger partial charge in [0.25, 0.3) is 0 Å². The first-order valence-corrected chi connectivity index (χ1v) is 7.03. The minimum Gasteiger partial charge on any atom is -0.268 e. The summed E-state index contributed by atoms with van der Waals surface area (Å²) in [6.45, 7) is 0.661. The standard InChI is InChI=1S/C16H12BrFN2/c17-14-5-3-4-12(8-14)10-20-11-13(9-19-20)15-6-1-2-7-16(15)18/h1-9,11H,10H2. The average Bonchev–Trinajstić information content (AvgIpc) is 2.87. The van der Waals surface area contributed by atoms with Crippen LogP contribution in [0.15, 0.2) is 65.4 Å². The van der Waals surface area contributed by atoms with Crippen molar-refractivity contribution in [2.75, 3.05) is 0 Å². The average molecular weight is 331 g/mol. The Balaban J connectivity index is 1.86. The molecule has 0 aliphatic carbocycles. The van der Waals surface area contributed by atoms with E-state index in [1.54, 1.807) is 18.3 Å². The van der Waals surface area contributed by atoms with E-state index in [-0.39, 0.29) is 5.82 Å². The number of nitrogens with zero attached hydrogens (tertiary/aromatic N) is 2. The number of aromatic nitrogens is 2. The van der Waals surface area contributed by atoms with Crippen molar-refractivity contribution < 1.29 is 4.39 Å². The molecule has 2 aromatic carbocycles. The van der Waals surface area contributed by atoms with Crippen LogP contribution in [0.3, 0.4) is 0 Å². The SMILES string of the molecule is Fc1ccccc1-c1cnn(Cc2cccc(Br)c2)c1. The molecule has 0 bridgehead atoms. The summed E-state index contributed by atoms with van der Waals surface area (Å²) in [6, 6.07) is 14.8. The molecule has 0 aliphatic heterocycles. The first kappa shape index (κ1) is 13.1. The molecule has 0 unspecified atom stereocenters. The maximum Gasteiger partial charge on any atom is 0.131 e. The predicted octanol–water partition coefficient (Wildman–Crippen LogP) is 4.50. The molecule has 0 amide bonds. The molecular weight excluding hydrogens is 319 g/mol. The predicted molar refractivity (Wildman–Crippen MR) is 80.9 cm³/mol. The van der Waals surface area contributed by atoms with Crippen LogP contribution in [0.1, 0.15) is 5.56 Å². The number of hydrogen-bond donors (Lipinski definition) is 0. The molecule has 0 atom stereocenters. The van der Waals surface area contributed by atoms with E-state index in [9.17, 15) is 4.39 Å². The summed E-state index contributed by atoms with van der Waals surface area (Å²) in [5.41, 5.74) is 2.51. The van der Waals surface area contributed by atoms with Crippen LogP contribution in [-0.4, -0.2) is 9.78 Å². The van der Waals surface area contributed by atoms with Gasteiger partial charge in [-0.05, 0) is 23.8 Å². The van der Waals surface area contributed by atoms with Crippen LogP contribution in [0.5, 0.6) is 0 Å². The minimum absolute atomic E-state index is 0.227. The van der Waals surface area contributed by atoms with E-state index in [1.165, 1.54) is 6.07 Å². The summed E-state index contributed by atoms with van der Waals surface area (Å²) < 4.78 is 16.6. The zero-order valence-electron chi connectivity index (χ0n) is 10.6. The Bertz CT molecular complexity index is 737. The Kier molecular flexibility index (Phi) is 3.65. The van der Waals surface area contributed by atoms with Crippen molar-refractivity contribution in [3.8, 4) is 11.1 Å². The highest BCUT2D eigenvalue weighted by molar-refractivity contribution is 9.10. The van der Waals surface area contributed by atoms with Crippen molar-refractivity contribution in [1.29, 1.82) is 0 Å². The van der Waals surface area contributed by atoms with E-state index in [1.807, 2.05) is 41.2 Å². The highest BCUT2D eigenvalue weighted by Gasteiger charge is 2.06. The molecule has 0 spiro atoms. The molecule has 0 N–H and O–H groups in total. The van der Waals surface area contributed by atoms with Crippen molar-refractivity contribution in [3.63, 3.8) is 0 Å². The maximum absolute atomic E-state index is 13.7. The highest BCUT2D eigenvalue weighted by atomic mass is 79.9. The molecule has 4 heteroatoms. The van der Waals surface area contributed by atoms with E-state index in [2.05, 4.69) is 21.0 Å². The lowest BCUT2D eigenvalue weighted by Crippen LogP contribution is -1.99. The minimum atomic E-state index is -0.227. The summed E-state index contributed by atoms with van der Waals surface area (Å²) in [6.07, 6.45) is 3.55. The Morgan fingerprint density at radius 2 is 1.95 bits per heavy atom. The zero-order chi connectivity index (χ0) is 13.9. The second-order valence-electron chi connectivity index (χ2n) is 4.54. The first-order chi connectivity index (χ1) is 9.72. The molecule has 3 rings (SSSR count). The third-order valence-corrected chi connectivity index (χ3v) is 3.54. The second kappa shape index (κ2) is 5.59. The third kappa shape index (κ3) is 2.80. The molecule has 20 heavy (non-hydrogen) atoms. The lowest BCUT2D eigenvalue weighted by Gasteiger charge is -2.02. The van der Waals surface area contributed by atoms with Crippen LogP contribution in [0, 0.1) is 5.82 Å². The monoisotopic (exact) mass is 330 g/mol. The van der Waals surface area contributed by atoms with E-state index in [0.717, 1.165) is 15.6 Å². The summed E-state index contributed by atoms with van der Waals surface area (Å²) in [7, 11) is 0. The summed E-state index contributed by atoms with van der Waals surface area (Å²) in [4.78, 5) is 0. The van der Waals surface area contributed by atoms with Crippen LogP contribution in [0.2, 0.25) is 0 Å². The van der Waals surface area contributed by atoms with Gasteiger partial charge in [0.05, 0.1) is 12.7 Å². The molecule has 0 saturated carbocycles. The fraction of sp³-hybridized carbons (Fsp3) is 0.0625. The Labute approximate surface area is 125 Å². The quantitative estimate of drug-likeness (QED) is 0.691. The van der Waals surface area contributed by atoms with Gasteiger partial charge in [0, 0.05) is 21.8 Å². The second-order valence-corrected chi connectivity index (χ2v) is 5.45. The molecular formula is C16H12BrFN2. The van der Waals surface area contributed by atoms with Crippen molar-refractivity contribution >= 4 is 15.9 Å². The lowest BCUT2D eigenvalue weighted by atomic mass is 10.1. The van der Waals surface area contributed by atoms with Gasteiger partial charge in [-0.2, -0.15) is 5.10 Å². The fourth-order valence-corrected chi connectivity index (χ4v) is 2.55. The summed E-state index contributed by atoms with van der Waals surface area (Å²) >= 11 is 3.45. The fourth-order valence-electron chi connectivity index (χ4n) is 2.11. The number of hydrogen-bond acceptors (Lipinski definition) is 1. The molecule has 0 aliphatic rings. The molecule has 1 heterocycles.